The third-order valence-corrected chi connectivity index (χ3v) is 4.50. The quantitative estimate of drug-likeness (QED) is 0.434. The second-order valence-electron chi connectivity index (χ2n) is 5.28. The van der Waals surface area contributed by atoms with E-state index in [1.165, 1.54) is 0 Å². The van der Waals surface area contributed by atoms with Crippen LogP contribution in [0.4, 0.5) is 5.95 Å². The molecule has 2 aromatic carbocycles. The van der Waals surface area contributed by atoms with Gasteiger partial charge in [0.25, 0.3) is 5.95 Å². The van der Waals surface area contributed by atoms with Gasteiger partial charge < -0.3 is 4.57 Å². The van der Waals surface area contributed by atoms with Gasteiger partial charge >= 0.3 is 0 Å². The molecule has 0 saturated heterocycles. The lowest BCUT2D eigenvalue weighted by Crippen LogP contribution is -2.00. The van der Waals surface area contributed by atoms with Crippen molar-refractivity contribution in [2.24, 2.45) is 12.1 Å². The lowest BCUT2D eigenvalue weighted by molar-refractivity contribution is 0.949. The maximum atomic E-state index is 4.52. The van der Waals surface area contributed by atoms with Crippen LogP contribution >= 0.6 is 15.9 Å². The van der Waals surface area contributed by atoms with Gasteiger partial charge in [0.05, 0.1) is 11.7 Å². The Kier molecular flexibility index (Phi) is 3.70. The molecule has 0 fully saturated rings. The number of aryl methyl sites for hydroxylation is 1. The van der Waals surface area contributed by atoms with E-state index < -0.39 is 0 Å². The molecule has 0 radical (unpaired) electrons. The summed E-state index contributed by atoms with van der Waals surface area (Å²) < 4.78 is 2.97. The van der Waals surface area contributed by atoms with Crippen molar-refractivity contribution >= 4 is 50.2 Å². The van der Waals surface area contributed by atoms with E-state index in [0.717, 1.165) is 32.1 Å². The molecule has 4 rings (SSSR count). The van der Waals surface area contributed by atoms with E-state index in [1.807, 2.05) is 60.1 Å². The van der Waals surface area contributed by atoms with Gasteiger partial charge in [-0.1, -0.05) is 52.3 Å². The van der Waals surface area contributed by atoms with Crippen LogP contribution in [0.1, 0.15) is 5.56 Å². The highest BCUT2D eigenvalue weighted by Gasteiger charge is 2.11. The number of fused-ring (bicyclic) bond motifs is 3. The van der Waals surface area contributed by atoms with Crippen molar-refractivity contribution in [3.8, 4) is 0 Å². The summed E-state index contributed by atoms with van der Waals surface area (Å²) in [7, 11) is 1.97. The zero-order valence-corrected chi connectivity index (χ0v) is 14.4. The normalized spacial score (nSPS) is 11.6. The zero-order valence-electron chi connectivity index (χ0n) is 12.8. The first kappa shape index (κ1) is 14.8. The molecule has 24 heavy (non-hydrogen) atoms. The van der Waals surface area contributed by atoms with E-state index in [4.69, 9.17) is 0 Å². The standard InChI is InChI=1S/C17H13BrN6/c1-24-14-9-5-3-7-12(14)15-16(24)20-17(23-21-15)22-19-10-11-6-2-4-8-13(11)18/h2-10H,1H3,(H,20,22,23). The van der Waals surface area contributed by atoms with Crippen LogP contribution in [0.15, 0.2) is 58.1 Å². The van der Waals surface area contributed by atoms with Crippen molar-refractivity contribution in [1.29, 1.82) is 0 Å². The van der Waals surface area contributed by atoms with Gasteiger partial charge in [-0.15, -0.1) is 10.2 Å². The van der Waals surface area contributed by atoms with Gasteiger partial charge in [-0.25, -0.2) is 5.43 Å². The van der Waals surface area contributed by atoms with Gasteiger partial charge in [0.1, 0.15) is 5.52 Å². The number of nitrogens with zero attached hydrogens (tertiary/aromatic N) is 5. The highest BCUT2D eigenvalue weighted by molar-refractivity contribution is 9.10. The van der Waals surface area contributed by atoms with Crippen molar-refractivity contribution < 1.29 is 0 Å². The average Bonchev–Trinajstić information content (AvgIpc) is 2.90. The number of nitrogens with one attached hydrogen (secondary N) is 1. The Labute approximate surface area is 146 Å². The molecule has 0 atom stereocenters. The summed E-state index contributed by atoms with van der Waals surface area (Å²) in [5.74, 6) is 0.358. The predicted molar refractivity (Wildman–Crippen MR) is 99.2 cm³/mol. The van der Waals surface area contributed by atoms with Gasteiger partial charge in [-0.2, -0.15) is 10.1 Å². The predicted octanol–water partition coefficient (Wildman–Crippen LogP) is 3.73. The molecule has 2 heterocycles. The Morgan fingerprint density at radius 2 is 1.88 bits per heavy atom. The molecule has 0 spiro atoms. The summed E-state index contributed by atoms with van der Waals surface area (Å²) in [6, 6.07) is 15.9. The van der Waals surface area contributed by atoms with Gasteiger partial charge in [-0.05, 0) is 12.1 Å². The molecule has 0 aliphatic rings. The van der Waals surface area contributed by atoms with E-state index >= 15 is 0 Å². The van der Waals surface area contributed by atoms with Crippen molar-refractivity contribution in [3.63, 3.8) is 0 Å². The number of aromatic nitrogens is 4. The fourth-order valence-electron chi connectivity index (χ4n) is 2.59. The van der Waals surface area contributed by atoms with Gasteiger partial charge in [0.15, 0.2) is 5.65 Å². The molecule has 0 amide bonds. The Bertz CT molecular complexity index is 1070. The lowest BCUT2D eigenvalue weighted by atomic mass is 10.2. The summed E-state index contributed by atoms with van der Waals surface area (Å²) in [4.78, 5) is 4.52. The maximum absolute atomic E-state index is 4.52. The van der Waals surface area contributed by atoms with Gasteiger partial charge in [0.2, 0.25) is 0 Å². The molecule has 0 aliphatic heterocycles. The Morgan fingerprint density at radius 1 is 1.08 bits per heavy atom. The van der Waals surface area contributed by atoms with E-state index in [1.54, 1.807) is 6.21 Å². The van der Waals surface area contributed by atoms with Crippen LogP contribution in [-0.2, 0) is 7.05 Å². The summed E-state index contributed by atoms with van der Waals surface area (Å²) in [5, 5.41) is 13.6. The summed E-state index contributed by atoms with van der Waals surface area (Å²) in [6.45, 7) is 0. The molecule has 0 bridgehead atoms. The second-order valence-corrected chi connectivity index (χ2v) is 6.13. The van der Waals surface area contributed by atoms with E-state index in [9.17, 15) is 0 Å². The van der Waals surface area contributed by atoms with Crippen LogP contribution in [0.25, 0.3) is 22.1 Å². The number of hydrazone groups is 1. The van der Waals surface area contributed by atoms with Crippen LogP contribution in [0.3, 0.4) is 0 Å². The van der Waals surface area contributed by atoms with E-state index in [-0.39, 0.29) is 0 Å². The Morgan fingerprint density at radius 3 is 2.75 bits per heavy atom. The highest BCUT2D eigenvalue weighted by Crippen LogP contribution is 2.24. The van der Waals surface area contributed by atoms with Crippen LogP contribution in [0, 0.1) is 0 Å². The third-order valence-electron chi connectivity index (χ3n) is 3.78. The lowest BCUT2D eigenvalue weighted by Gasteiger charge is -2.00. The highest BCUT2D eigenvalue weighted by atomic mass is 79.9. The SMILES string of the molecule is Cn1c2ccccc2c2nnc(NN=Cc3ccccc3Br)nc21. The van der Waals surface area contributed by atoms with Crippen molar-refractivity contribution in [2.45, 2.75) is 0 Å². The number of para-hydroxylation sites is 1. The van der Waals surface area contributed by atoms with Gasteiger partial charge in [-0.3, -0.25) is 0 Å². The molecule has 0 aliphatic carbocycles. The maximum Gasteiger partial charge on any atom is 0.265 e. The summed E-state index contributed by atoms with van der Waals surface area (Å²) in [5.41, 5.74) is 6.42. The molecule has 4 aromatic rings. The minimum atomic E-state index is 0.358. The molecule has 0 saturated carbocycles. The number of hydrogen-bond acceptors (Lipinski definition) is 5. The molecule has 7 heteroatoms. The first-order chi connectivity index (χ1) is 11.7. The van der Waals surface area contributed by atoms with Crippen LogP contribution < -0.4 is 5.43 Å². The summed E-state index contributed by atoms with van der Waals surface area (Å²) >= 11 is 3.48. The Balaban J connectivity index is 1.67. The average molecular weight is 381 g/mol. The van der Waals surface area contributed by atoms with Gasteiger partial charge in [0, 0.05) is 22.5 Å². The number of hydrogen-bond donors (Lipinski definition) is 1. The van der Waals surface area contributed by atoms with E-state index in [0.29, 0.717) is 5.95 Å². The van der Waals surface area contributed by atoms with Crippen molar-refractivity contribution in [1.82, 2.24) is 19.7 Å². The van der Waals surface area contributed by atoms with Crippen LogP contribution in [-0.4, -0.2) is 26.0 Å². The fraction of sp³-hybridized carbons (Fsp3) is 0.0588. The largest absolute Gasteiger partial charge is 0.327 e. The zero-order chi connectivity index (χ0) is 16.5. The minimum Gasteiger partial charge on any atom is -0.327 e. The summed E-state index contributed by atoms with van der Waals surface area (Å²) in [6.07, 6.45) is 1.71. The first-order valence-electron chi connectivity index (χ1n) is 7.35. The molecule has 1 N–H and O–H groups in total. The number of anilines is 1. The van der Waals surface area contributed by atoms with E-state index in [2.05, 4.69) is 41.6 Å². The molecular weight excluding hydrogens is 368 g/mol. The van der Waals surface area contributed by atoms with Crippen molar-refractivity contribution in [3.05, 3.63) is 58.6 Å². The smallest absolute Gasteiger partial charge is 0.265 e. The third kappa shape index (κ3) is 2.52. The second kappa shape index (κ2) is 6.01. The molecular formula is C17H13BrN6. The van der Waals surface area contributed by atoms with Crippen molar-refractivity contribution in [2.75, 3.05) is 5.43 Å². The fourth-order valence-corrected chi connectivity index (χ4v) is 2.98. The molecule has 6 nitrogen and oxygen atoms in total. The first-order valence-corrected chi connectivity index (χ1v) is 8.15. The number of halogens is 1. The topological polar surface area (TPSA) is 68.0 Å². The number of benzene rings is 2. The van der Waals surface area contributed by atoms with Crippen LogP contribution in [0.5, 0.6) is 0 Å². The Hall–Kier alpha value is -2.80. The minimum absolute atomic E-state index is 0.358. The monoisotopic (exact) mass is 380 g/mol. The van der Waals surface area contributed by atoms with Crippen LogP contribution in [0.2, 0.25) is 0 Å². The number of rotatable bonds is 3. The molecule has 118 valence electrons. The molecule has 2 aromatic heterocycles. The molecule has 0 unspecified atom stereocenters.